The molecule has 1 aliphatic carbocycles. The molecule has 11 heteroatoms. The van der Waals surface area contributed by atoms with E-state index < -0.39 is 64.6 Å². The molecule has 0 spiro atoms. The van der Waals surface area contributed by atoms with Crippen molar-refractivity contribution >= 4 is 25.5 Å². The van der Waals surface area contributed by atoms with Crippen LogP contribution in [0.15, 0.2) is 34.1 Å². The molecule has 1 aliphatic rings. The van der Waals surface area contributed by atoms with Gasteiger partial charge in [0.05, 0.1) is 11.4 Å². The fourth-order valence-electron chi connectivity index (χ4n) is 2.66. The molecule has 0 unspecified atom stereocenters. The van der Waals surface area contributed by atoms with E-state index in [1.807, 2.05) is 6.08 Å². The Morgan fingerprint density at radius 2 is 1.70 bits per heavy atom. The number of nitrogens with one attached hydrogen (secondary N) is 1. The molecule has 0 saturated heterocycles. The van der Waals surface area contributed by atoms with Crippen LogP contribution in [0.2, 0.25) is 0 Å². The highest BCUT2D eigenvalue weighted by Crippen LogP contribution is 2.36. The van der Waals surface area contributed by atoms with Gasteiger partial charge in [-0.3, -0.25) is 0 Å². The first-order chi connectivity index (χ1) is 12.5. The summed E-state index contributed by atoms with van der Waals surface area (Å²) in [6, 6.07) is -0.631. The van der Waals surface area contributed by atoms with Gasteiger partial charge >= 0.3 is 0 Å². The summed E-state index contributed by atoms with van der Waals surface area (Å²) in [6.45, 7) is 1.17. The number of anilines is 1. The standard InChI is InChI=1S/C16H19F3N2O4S2/c1-2-26(22,23)16-12(18)11(17)15(27(20,24)25)13(19)14(16)21-10-8-6-4-3-5-7-9-10/h3-4,6,8,10,21H,2,5,7,9H2,1H3,(H2,20,24,25)/b4-3+,8-6+/t10-/m0/s1. The average Bonchev–Trinajstić information content (AvgIpc) is 2.53. The van der Waals surface area contributed by atoms with Crippen LogP contribution in [0, 0.1) is 17.5 Å². The normalized spacial score (nSPS) is 20.6. The Morgan fingerprint density at radius 3 is 2.30 bits per heavy atom. The predicted octanol–water partition coefficient (Wildman–Crippen LogP) is 2.62. The third kappa shape index (κ3) is 4.53. The van der Waals surface area contributed by atoms with Gasteiger partial charge in [0.2, 0.25) is 10.0 Å². The number of hydrogen-bond acceptors (Lipinski definition) is 5. The molecule has 0 aromatic heterocycles. The molecule has 2 rings (SSSR count). The van der Waals surface area contributed by atoms with Crippen molar-refractivity contribution < 1.29 is 30.0 Å². The minimum atomic E-state index is -4.99. The Morgan fingerprint density at radius 1 is 1.07 bits per heavy atom. The van der Waals surface area contributed by atoms with Crippen LogP contribution in [-0.2, 0) is 19.9 Å². The first-order valence-electron chi connectivity index (χ1n) is 8.06. The first-order valence-corrected chi connectivity index (χ1v) is 11.3. The third-order valence-corrected chi connectivity index (χ3v) is 6.71. The number of primary sulfonamides is 1. The van der Waals surface area contributed by atoms with Crippen molar-refractivity contribution in [2.75, 3.05) is 11.1 Å². The molecule has 0 saturated carbocycles. The van der Waals surface area contributed by atoms with Crippen LogP contribution in [0.4, 0.5) is 18.9 Å². The lowest BCUT2D eigenvalue weighted by Crippen LogP contribution is -2.25. The first kappa shape index (κ1) is 21.5. The van der Waals surface area contributed by atoms with Gasteiger partial charge in [-0.2, -0.15) is 0 Å². The summed E-state index contributed by atoms with van der Waals surface area (Å²) in [5.74, 6) is -6.56. The maximum absolute atomic E-state index is 14.8. The topological polar surface area (TPSA) is 106 Å². The smallest absolute Gasteiger partial charge is 0.244 e. The van der Waals surface area contributed by atoms with Gasteiger partial charge in [-0.05, 0) is 19.3 Å². The third-order valence-electron chi connectivity index (χ3n) is 4.02. The molecule has 0 fully saturated rings. The minimum Gasteiger partial charge on any atom is -0.375 e. The maximum Gasteiger partial charge on any atom is 0.244 e. The van der Waals surface area contributed by atoms with Crippen molar-refractivity contribution in [3.05, 3.63) is 41.8 Å². The Labute approximate surface area is 155 Å². The Bertz CT molecular complexity index is 1000. The Balaban J connectivity index is 2.78. The molecule has 1 atom stereocenters. The SMILES string of the molecule is CCS(=O)(=O)c1c(F)c(F)c(S(N)(=O)=O)c(F)c1N[C@H]1/C=C/C=C/CCC1. The van der Waals surface area contributed by atoms with E-state index in [2.05, 4.69) is 5.32 Å². The van der Waals surface area contributed by atoms with E-state index in [4.69, 9.17) is 5.14 Å². The summed E-state index contributed by atoms with van der Waals surface area (Å²) in [7, 11) is -9.41. The molecule has 3 N–H and O–H groups in total. The van der Waals surface area contributed by atoms with Crippen molar-refractivity contribution in [1.82, 2.24) is 0 Å². The van der Waals surface area contributed by atoms with Gasteiger partial charge in [0.15, 0.2) is 32.2 Å². The second-order valence-corrected chi connectivity index (χ2v) is 9.63. The van der Waals surface area contributed by atoms with Crippen LogP contribution >= 0.6 is 0 Å². The number of benzene rings is 1. The second kappa shape index (κ2) is 8.03. The molecule has 6 nitrogen and oxygen atoms in total. The molecule has 1 aromatic rings. The summed E-state index contributed by atoms with van der Waals surface area (Å²) in [4.78, 5) is -2.97. The minimum absolute atomic E-state index is 0.426. The number of rotatable bonds is 5. The van der Waals surface area contributed by atoms with E-state index in [1.54, 1.807) is 18.2 Å². The maximum atomic E-state index is 14.8. The molecular weight excluding hydrogens is 405 g/mol. The van der Waals surface area contributed by atoms with Gasteiger partial charge in [-0.15, -0.1) is 0 Å². The summed E-state index contributed by atoms with van der Waals surface area (Å²) in [5.41, 5.74) is -0.945. The van der Waals surface area contributed by atoms with Gasteiger partial charge < -0.3 is 5.32 Å². The van der Waals surface area contributed by atoms with E-state index >= 15 is 0 Å². The molecule has 0 heterocycles. The van der Waals surface area contributed by atoms with E-state index in [0.29, 0.717) is 19.3 Å². The Kier molecular flexibility index (Phi) is 6.38. The van der Waals surface area contributed by atoms with Crippen molar-refractivity contribution in [1.29, 1.82) is 0 Å². The van der Waals surface area contributed by atoms with Crippen LogP contribution in [0.25, 0.3) is 0 Å². The number of nitrogens with two attached hydrogens (primary N) is 1. The summed E-state index contributed by atoms with van der Waals surface area (Å²) < 4.78 is 91.1. The molecule has 150 valence electrons. The molecule has 1 aromatic carbocycles. The quantitative estimate of drug-likeness (QED) is 0.707. The van der Waals surface area contributed by atoms with Gasteiger partial charge in [0, 0.05) is 6.04 Å². The fourth-order valence-corrected chi connectivity index (χ4v) is 4.47. The molecule has 0 bridgehead atoms. The lowest BCUT2D eigenvalue weighted by Gasteiger charge is -2.21. The molecule has 0 amide bonds. The molecule has 0 radical (unpaired) electrons. The van der Waals surface area contributed by atoms with E-state index in [0.717, 1.165) is 0 Å². The van der Waals surface area contributed by atoms with Gasteiger partial charge in [-0.1, -0.05) is 31.2 Å². The van der Waals surface area contributed by atoms with Crippen LogP contribution < -0.4 is 10.5 Å². The number of allylic oxidation sites excluding steroid dienone is 3. The van der Waals surface area contributed by atoms with Crippen LogP contribution in [0.3, 0.4) is 0 Å². The number of sulfonamides is 1. The highest BCUT2D eigenvalue weighted by molar-refractivity contribution is 7.91. The fraction of sp³-hybridized carbons (Fsp3) is 0.375. The average molecular weight is 424 g/mol. The van der Waals surface area contributed by atoms with E-state index in [-0.39, 0.29) is 0 Å². The number of sulfone groups is 1. The summed E-state index contributed by atoms with van der Waals surface area (Å²) >= 11 is 0. The van der Waals surface area contributed by atoms with Gasteiger partial charge in [0.25, 0.3) is 0 Å². The van der Waals surface area contributed by atoms with Crippen LogP contribution in [0.5, 0.6) is 0 Å². The van der Waals surface area contributed by atoms with E-state index in [1.165, 1.54) is 6.92 Å². The zero-order chi connectivity index (χ0) is 20.4. The van der Waals surface area contributed by atoms with Crippen molar-refractivity contribution in [2.45, 2.75) is 42.0 Å². The lowest BCUT2D eigenvalue weighted by molar-refractivity contribution is 0.441. The van der Waals surface area contributed by atoms with Gasteiger partial charge in [-0.25, -0.2) is 35.1 Å². The largest absolute Gasteiger partial charge is 0.375 e. The molecule has 27 heavy (non-hydrogen) atoms. The monoisotopic (exact) mass is 424 g/mol. The van der Waals surface area contributed by atoms with Crippen LogP contribution in [0.1, 0.15) is 26.2 Å². The predicted molar refractivity (Wildman–Crippen MR) is 95.0 cm³/mol. The number of halogens is 3. The van der Waals surface area contributed by atoms with Crippen molar-refractivity contribution in [3.63, 3.8) is 0 Å². The van der Waals surface area contributed by atoms with Gasteiger partial charge in [0.1, 0.15) is 4.90 Å². The lowest BCUT2D eigenvalue weighted by atomic mass is 10.1. The zero-order valence-corrected chi connectivity index (χ0v) is 16.0. The van der Waals surface area contributed by atoms with Crippen molar-refractivity contribution in [2.24, 2.45) is 5.14 Å². The summed E-state index contributed by atoms with van der Waals surface area (Å²) in [6.07, 6.45) is 8.63. The van der Waals surface area contributed by atoms with Crippen molar-refractivity contribution in [3.8, 4) is 0 Å². The summed E-state index contributed by atoms with van der Waals surface area (Å²) in [5, 5.41) is 7.30. The highest BCUT2D eigenvalue weighted by atomic mass is 32.2. The zero-order valence-electron chi connectivity index (χ0n) is 14.4. The van der Waals surface area contributed by atoms with Crippen LogP contribution in [-0.4, -0.2) is 28.6 Å². The highest BCUT2D eigenvalue weighted by Gasteiger charge is 2.36. The molecular formula is C16H19F3N2O4S2. The second-order valence-electron chi connectivity index (χ2n) is 5.92. The molecule has 0 aliphatic heterocycles. The van der Waals surface area contributed by atoms with E-state index in [9.17, 15) is 30.0 Å². The number of hydrogen-bond donors (Lipinski definition) is 2. The Hall–Kier alpha value is -1.85.